The van der Waals surface area contributed by atoms with Gasteiger partial charge in [-0.3, -0.25) is 0 Å². The molecule has 1 saturated carbocycles. The number of amides is 1. The highest BCUT2D eigenvalue weighted by Crippen LogP contribution is 2.33. The minimum Gasteiger partial charge on any atom is -0.465 e. The summed E-state index contributed by atoms with van der Waals surface area (Å²) in [6.45, 7) is -0.0597. The largest absolute Gasteiger partial charge is 0.465 e. The number of aliphatic hydroxyl groups is 1. The van der Waals surface area contributed by atoms with Crippen LogP contribution in [0.3, 0.4) is 0 Å². The smallest absolute Gasteiger partial charge is 0.407 e. The van der Waals surface area contributed by atoms with Crippen LogP contribution in [-0.2, 0) is 0 Å². The molecule has 70 valence electrons. The van der Waals surface area contributed by atoms with Crippen LogP contribution in [0, 0.1) is 0 Å². The molecule has 4 heteroatoms. The van der Waals surface area contributed by atoms with Crippen LogP contribution in [0.4, 0.5) is 4.79 Å². The second kappa shape index (κ2) is 3.31. The molecular formula is C8H15NO3. The first kappa shape index (κ1) is 9.32. The van der Waals surface area contributed by atoms with Gasteiger partial charge in [-0.1, -0.05) is 12.8 Å². The van der Waals surface area contributed by atoms with Gasteiger partial charge in [0.25, 0.3) is 0 Å². The number of likely N-dealkylation sites (N-methyl/N-ethyl adjacent to an activating group) is 1. The summed E-state index contributed by atoms with van der Waals surface area (Å²) in [7, 11) is 1.53. The second-order valence-electron chi connectivity index (χ2n) is 3.43. The molecule has 2 N–H and O–H groups in total. The van der Waals surface area contributed by atoms with Crippen molar-refractivity contribution in [3.8, 4) is 0 Å². The van der Waals surface area contributed by atoms with E-state index in [1.807, 2.05) is 0 Å². The molecule has 0 unspecified atom stereocenters. The fraction of sp³-hybridized carbons (Fsp3) is 0.875. The van der Waals surface area contributed by atoms with Gasteiger partial charge < -0.3 is 15.1 Å². The quantitative estimate of drug-likeness (QED) is 0.652. The Morgan fingerprint density at radius 3 is 2.33 bits per heavy atom. The maximum atomic E-state index is 10.7. The van der Waals surface area contributed by atoms with E-state index in [-0.39, 0.29) is 6.61 Å². The van der Waals surface area contributed by atoms with Crippen LogP contribution in [-0.4, -0.2) is 40.4 Å². The van der Waals surface area contributed by atoms with Gasteiger partial charge in [-0.15, -0.1) is 0 Å². The number of aliphatic hydroxyl groups excluding tert-OH is 1. The summed E-state index contributed by atoms with van der Waals surface area (Å²) in [5.41, 5.74) is -0.494. The maximum Gasteiger partial charge on any atom is 0.407 e. The Balaban J connectivity index is 2.71. The summed E-state index contributed by atoms with van der Waals surface area (Å²) in [4.78, 5) is 11.9. The van der Waals surface area contributed by atoms with Crippen molar-refractivity contribution in [1.29, 1.82) is 0 Å². The number of carbonyl (C=O) groups is 1. The summed E-state index contributed by atoms with van der Waals surface area (Å²) in [5, 5.41) is 17.9. The minimum atomic E-state index is -0.953. The molecule has 1 fully saturated rings. The lowest BCUT2D eigenvalue weighted by Gasteiger charge is -2.34. The topological polar surface area (TPSA) is 60.8 Å². The van der Waals surface area contributed by atoms with Crippen molar-refractivity contribution < 1.29 is 15.0 Å². The monoisotopic (exact) mass is 173 g/mol. The van der Waals surface area contributed by atoms with Gasteiger partial charge in [0.15, 0.2) is 0 Å². The number of nitrogens with zero attached hydrogens (tertiary/aromatic N) is 1. The highest BCUT2D eigenvalue weighted by Gasteiger charge is 2.39. The summed E-state index contributed by atoms with van der Waals surface area (Å²) in [5.74, 6) is 0. The van der Waals surface area contributed by atoms with Crippen LogP contribution < -0.4 is 0 Å². The Labute approximate surface area is 71.8 Å². The molecule has 0 bridgehead atoms. The molecule has 1 amide bonds. The Kier molecular flexibility index (Phi) is 2.57. The van der Waals surface area contributed by atoms with Gasteiger partial charge in [-0.05, 0) is 12.8 Å². The normalized spacial score (nSPS) is 20.8. The molecule has 1 rings (SSSR count). The summed E-state index contributed by atoms with van der Waals surface area (Å²) in [6, 6.07) is 0. The molecule has 0 aromatic carbocycles. The van der Waals surface area contributed by atoms with E-state index >= 15 is 0 Å². The van der Waals surface area contributed by atoms with Gasteiger partial charge in [0.1, 0.15) is 0 Å². The number of rotatable bonds is 2. The number of hydrogen-bond donors (Lipinski definition) is 2. The van der Waals surface area contributed by atoms with E-state index in [1.165, 1.54) is 11.9 Å². The molecule has 0 aliphatic heterocycles. The average Bonchev–Trinajstić information content (AvgIpc) is 2.52. The van der Waals surface area contributed by atoms with E-state index in [4.69, 9.17) is 10.2 Å². The lowest BCUT2D eigenvalue weighted by atomic mass is 9.97. The highest BCUT2D eigenvalue weighted by atomic mass is 16.4. The highest BCUT2D eigenvalue weighted by molar-refractivity contribution is 5.65. The second-order valence-corrected chi connectivity index (χ2v) is 3.43. The van der Waals surface area contributed by atoms with Crippen LogP contribution in [0.5, 0.6) is 0 Å². The van der Waals surface area contributed by atoms with Gasteiger partial charge in [-0.25, -0.2) is 4.79 Å². The van der Waals surface area contributed by atoms with Crippen molar-refractivity contribution in [3.63, 3.8) is 0 Å². The minimum absolute atomic E-state index is 0.0597. The predicted molar refractivity (Wildman–Crippen MR) is 44.1 cm³/mol. The SMILES string of the molecule is CN(C(=O)O)C1(CO)CCCC1. The summed E-state index contributed by atoms with van der Waals surface area (Å²) < 4.78 is 0. The zero-order valence-corrected chi connectivity index (χ0v) is 7.29. The first-order valence-corrected chi connectivity index (χ1v) is 4.20. The van der Waals surface area contributed by atoms with Gasteiger partial charge in [0.05, 0.1) is 12.1 Å². The third-order valence-electron chi connectivity index (χ3n) is 2.83. The van der Waals surface area contributed by atoms with E-state index < -0.39 is 11.6 Å². The number of carboxylic acid groups (broad SMARTS) is 1. The molecule has 0 aromatic heterocycles. The first-order valence-electron chi connectivity index (χ1n) is 4.20. The van der Waals surface area contributed by atoms with Crippen molar-refractivity contribution in [2.24, 2.45) is 0 Å². The van der Waals surface area contributed by atoms with Crippen molar-refractivity contribution >= 4 is 6.09 Å². The lowest BCUT2D eigenvalue weighted by molar-refractivity contribution is 0.0526. The van der Waals surface area contributed by atoms with Gasteiger partial charge in [0.2, 0.25) is 0 Å². The molecule has 1 aliphatic carbocycles. The average molecular weight is 173 g/mol. The molecule has 0 heterocycles. The molecule has 4 nitrogen and oxygen atoms in total. The van der Waals surface area contributed by atoms with Crippen molar-refractivity contribution in [1.82, 2.24) is 4.90 Å². The molecule has 0 atom stereocenters. The maximum absolute atomic E-state index is 10.7. The Morgan fingerprint density at radius 1 is 1.50 bits per heavy atom. The molecule has 0 aromatic rings. The van der Waals surface area contributed by atoms with Gasteiger partial charge >= 0.3 is 6.09 Å². The van der Waals surface area contributed by atoms with E-state index in [0.29, 0.717) is 0 Å². The van der Waals surface area contributed by atoms with Crippen molar-refractivity contribution in [3.05, 3.63) is 0 Å². The van der Waals surface area contributed by atoms with Gasteiger partial charge in [0, 0.05) is 7.05 Å². The van der Waals surface area contributed by atoms with Crippen LogP contribution in [0.2, 0.25) is 0 Å². The molecule has 0 saturated heterocycles. The van der Waals surface area contributed by atoms with Crippen LogP contribution in [0.25, 0.3) is 0 Å². The first-order chi connectivity index (χ1) is 5.62. The third kappa shape index (κ3) is 1.39. The predicted octanol–water partition coefficient (Wildman–Crippen LogP) is 0.901. The Hall–Kier alpha value is -0.770. The van der Waals surface area contributed by atoms with Gasteiger partial charge in [-0.2, -0.15) is 0 Å². The fourth-order valence-electron chi connectivity index (χ4n) is 1.84. The van der Waals surface area contributed by atoms with Crippen LogP contribution in [0.1, 0.15) is 25.7 Å². The zero-order chi connectivity index (χ0) is 9.19. The fourth-order valence-corrected chi connectivity index (χ4v) is 1.84. The Bertz CT molecular complexity index is 175. The standard InChI is InChI=1S/C8H15NO3/c1-9(7(11)12)8(6-10)4-2-3-5-8/h10H,2-6H2,1H3,(H,11,12). The molecule has 0 radical (unpaired) electrons. The summed E-state index contributed by atoms with van der Waals surface area (Å²) >= 11 is 0. The molecular weight excluding hydrogens is 158 g/mol. The third-order valence-corrected chi connectivity index (χ3v) is 2.83. The lowest BCUT2D eigenvalue weighted by Crippen LogP contribution is -2.49. The molecule has 1 aliphatic rings. The van der Waals surface area contributed by atoms with E-state index in [0.717, 1.165) is 25.7 Å². The van der Waals surface area contributed by atoms with E-state index in [2.05, 4.69) is 0 Å². The Morgan fingerprint density at radius 2 is 2.00 bits per heavy atom. The van der Waals surface area contributed by atoms with E-state index in [1.54, 1.807) is 0 Å². The summed E-state index contributed by atoms with van der Waals surface area (Å²) in [6.07, 6.45) is 2.64. The molecule has 12 heavy (non-hydrogen) atoms. The van der Waals surface area contributed by atoms with Crippen LogP contribution in [0.15, 0.2) is 0 Å². The number of hydrogen-bond acceptors (Lipinski definition) is 2. The zero-order valence-electron chi connectivity index (χ0n) is 7.29. The molecule has 0 spiro atoms. The van der Waals surface area contributed by atoms with Crippen molar-refractivity contribution in [2.45, 2.75) is 31.2 Å². The van der Waals surface area contributed by atoms with E-state index in [9.17, 15) is 4.79 Å². The van der Waals surface area contributed by atoms with Crippen molar-refractivity contribution in [2.75, 3.05) is 13.7 Å². The van der Waals surface area contributed by atoms with Crippen LogP contribution >= 0.6 is 0 Å².